The van der Waals surface area contributed by atoms with Gasteiger partial charge in [-0.2, -0.15) is 0 Å². The number of carbonyl (C=O) groups is 3. The van der Waals surface area contributed by atoms with Crippen molar-refractivity contribution in [3.05, 3.63) is 63.9 Å². The number of carbonyl (C=O) groups excluding carboxylic acids is 3. The van der Waals surface area contributed by atoms with E-state index in [1.54, 1.807) is 6.92 Å². The number of amides is 1. The molecule has 0 heterocycles. The zero-order chi connectivity index (χ0) is 27.0. The Kier molecular flexibility index (Phi) is 5.45. The smallest absolute Gasteiger partial charge is 0.255 e. The van der Waals surface area contributed by atoms with Gasteiger partial charge in [-0.3, -0.25) is 14.4 Å². The Hall–Kier alpha value is -4.11. The molecule has 1 amide bonds. The van der Waals surface area contributed by atoms with Crippen LogP contribution in [0.25, 0.3) is 16.9 Å². The summed E-state index contributed by atoms with van der Waals surface area (Å²) in [7, 11) is 3.87. The van der Waals surface area contributed by atoms with Gasteiger partial charge in [0.05, 0.1) is 5.56 Å². The molecule has 192 valence electrons. The number of phenolic OH excluding ortho intramolecular Hbond substituents is 1. The number of aliphatic hydroxyl groups excluding tert-OH is 2. The van der Waals surface area contributed by atoms with Crippen LogP contribution in [0.3, 0.4) is 0 Å². The van der Waals surface area contributed by atoms with Gasteiger partial charge in [0.25, 0.3) is 5.91 Å². The second kappa shape index (κ2) is 8.21. The van der Waals surface area contributed by atoms with Crippen molar-refractivity contribution in [3.8, 4) is 16.9 Å². The van der Waals surface area contributed by atoms with Gasteiger partial charge in [0, 0.05) is 37.7 Å². The van der Waals surface area contributed by atoms with Crippen LogP contribution in [0.1, 0.15) is 29.5 Å². The quantitative estimate of drug-likeness (QED) is 0.398. The lowest BCUT2D eigenvalue weighted by Crippen LogP contribution is -2.58. The van der Waals surface area contributed by atoms with Gasteiger partial charge in [-0.15, -0.1) is 0 Å². The number of Topliss-reactive ketones (excluding diaryl/α,β-unsaturated/α-hetero) is 2. The summed E-state index contributed by atoms with van der Waals surface area (Å²) in [5.41, 5.74) is 5.58. The van der Waals surface area contributed by atoms with E-state index in [9.17, 15) is 34.8 Å². The number of aromatic hydroxyl groups is 1. The first-order valence-electron chi connectivity index (χ1n) is 12.0. The Balaban J connectivity index is 1.70. The number of aryl methyl sites for hydroxylation is 1. The topological polar surface area (TPSA) is 161 Å². The fourth-order valence-electron chi connectivity index (χ4n) is 6.02. The van der Waals surface area contributed by atoms with Crippen LogP contribution in [0.2, 0.25) is 0 Å². The first-order valence-corrected chi connectivity index (χ1v) is 12.0. The number of hydrogen-bond acceptors (Lipinski definition) is 8. The molecule has 0 aromatic heterocycles. The van der Waals surface area contributed by atoms with Crippen LogP contribution in [0.5, 0.6) is 5.75 Å². The molecule has 2 aromatic carbocycles. The minimum absolute atomic E-state index is 0.0938. The number of rotatable bonds is 3. The van der Waals surface area contributed by atoms with E-state index >= 15 is 0 Å². The lowest BCUT2D eigenvalue weighted by atomic mass is 9.59. The monoisotopic (exact) mass is 504 g/mol. The summed E-state index contributed by atoms with van der Waals surface area (Å²) in [6.07, 6.45) is 0.00350. The summed E-state index contributed by atoms with van der Waals surface area (Å²) in [6, 6.07) is 9.62. The predicted molar refractivity (Wildman–Crippen MR) is 136 cm³/mol. The SMILES string of the molecule is Cc1cc(-c2ccc(N(C)C)cc2)c2c(c1O)C(O)=C1C(=O)C3(O)C(O)=C(C(N)=O)C(=O)CC3CC1C2. The van der Waals surface area contributed by atoms with Crippen LogP contribution in [-0.2, 0) is 20.8 Å². The van der Waals surface area contributed by atoms with Gasteiger partial charge in [-0.25, -0.2) is 0 Å². The summed E-state index contributed by atoms with van der Waals surface area (Å²) in [5.74, 6) is -6.32. The third-order valence-corrected chi connectivity index (χ3v) is 7.95. The largest absolute Gasteiger partial charge is 0.508 e. The fourth-order valence-corrected chi connectivity index (χ4v) is 6.02. The average molecular weight is 505 g/mol. The lowest BCUT2D eigenvalue weighted by Gasteiger charge is -2.46. The van der Waals surface area contributed by atoms with E-state index in [0.29, 0.717) is 11.1 Å². The molecule has 1 fully saturated rings. The van der Waals surface area contributed by atoms with Crippen LogP contribution in [0.4, 0.5) is 5.69 Å². The average Bonchev–Trinajstić information content (AvgIpc) is 2.83. The maximum atomic E-state index is 13.7. The molecule has 3 unspecified atom stereocenters. The minimum Gasteiger partial charge on any atom is -0.508 e. The number of phenols is 1. The highest BCUT2D eigenvalue weighted by molar-refractivity contribution is 6.22. The fraction of sp³-hybridized carbons (Fsp3) is 0.321. The van der Waals surface area contributed by atoms with E-state index in [0.717, 1.165) is 16.8 Å². The second-order valence-electron chi connectivity index (χ2n) is 10.3. The molecule has 0 saturated heterocycles. The summed E-state index contributed by atoms with van der Waals surface area (Å²) < 4.78 is 0. The molecule has 0 bridgehead atoms. The van der Waals surface area contributed by atoms with Crippen molar-refractivity contribution in [2.24, 2.45) is 17.6 Å². The molecule has 9 heteroatoms. The van der Waals surface area contributed by atoms with Crippen LogP contribution in [0, 0.1) is 18.8 Å². The predicted octanol–water partition coefficient (Wildman–Crippen LogP) is 2.47. The minimum atomic E-state index is -2.57. The Morgan fingerprint density at radius 1 is 1.08 bits per heavy atom. The third kappa shape index (κ3) is 3.37. The van der Waals surface area contributed by atoms with E-state index in [-0.39, 0.29) is 36.1 Å². The molecule has 2 aromatic rings. The summed E-state index contributed by atoms with van der Waals surface area (Å²) in [4.78, 5) is 39.9. The van der Waals surface area contributed by atoms with Gasteiger partial charge >= 0.3 is 0 Å². The van der Waals surface area contributed by atoms with Crippen molar-refractivity contribution in [2.75, 3.05) is 19.0 Å². The first kappa shape index (κ1) is 24.6. The van der Waals surface area contributed by atoms with Crippen molar-refractivity contribution < 1.29 is 34.8 Å². The number of hydrogen-bond donors (Lipinski definition) is 5. The Morgan fingerprint density at radius 3 is 2.32 bits per heavy atom. The zero-order valence-electron chi connectivity index (χ0n) is 20.7. The summed E-state index contributed by atoms with van der Waals surface area (Å²) in [6.45, 7) is 1.68. The molecule has 1 saturated carbocycles. The van der Waals surface area contributed by atoms with E-state index < -0.39 is 52.0 Å². The summed E-state index contributed by atoms with van der Waals surface area (Å²) >= 11 is 0. The van der Waals surface area contributed by atoms with Crippen LogP contribution in [0.15, 0.2) is 47.2 Å². The normalized spacial score (nSPS) is 25.0. The molecule has 0 aliphatic heterocycles. The van der Waals surface area contributed by atoms with Crippen molar-refractivity contribution in [1.29, 1.82) is 0 Å². The van der Waals surface area contributed by atoms with Crippen molar-refractivity contribution >= 4 is 28.9 Å². The molecule has 0 radical (unpaired) electrons. The number of benzene rings is 2. The highest BCUT2D eigenvalue weighted by Gasteiger charge is 2.60. The Morgan fingerprint density at radius 2 is 1.73 bits per heavy atom. The lowest BCUT2D eigenvalue weighted by molar-refractivity contribution is -0.147. The van der Waals surface area contributed by atoms with Gasteiger partial charge in [0.1, 0.15) is 22.8 Å². The van der Waals surface area contributed by atoms with Crippen LogP contribution >= 0.6 is 0 Å². The van der Waals surface area contributed by atoms with Gasteiger partial charge in [-0.05, 0) is 66.1 Å². The Bertz CT molecular complexity index is 1450. The summed E-state index contributed by atoms with van der Waals surface area (Å²) in [5, 5.41) is 44.4. The molecular weight excluding hydrogens is 476 g/mol. The van der Waals surface area contributed by atoms with Crippen molar-refractivity contribution in [1.82, 2.24) is 0 Å². The molecule has 0 spiro atoms. The maximum absolute atomic E-state index is 13.7. The van der Waals surface area contributed by atoms with Crippen molar-refractivity contribution in [3.63, 3.8) is 0 Å². The van der Waals surface area contributed by atoms with Gasteiger partial charge in [0.2, 0.25) is 5.78 Å². The van der Waals surface area contributed by atoms with Crippen LogP contribution in [-0.4, -0.2) is 57.6 Å². The molecular formula is C28H28N2O7. The number of fused-ring (bicyclic) bond motifs is 3. The maximum Gasteiger partial charge on any atom is 0.255 e. The number of anilines is 1. The second-order valence-corrected chi connectivity index (χ2v) is 10.3. The van der Waals surface area contributed by atoms with E-state index in [1.165, 1.54) is 0 Å². The highest BCUT2D eigenvalue weighted by Crippen LogP contribution is 2.53. The van der Waals surface area contributed by atoms with Gasteiger partial charge < -0.3 is 31.1 Å². The van der Waals surface area contributed by atoms with E-state index in [2.05, 4.69) is 0 Å². The number of primary amides is 1. The zero-order valence-corrected chi connectivity index (χ0v) is 20.7. The first-order chi connectivity index (χ1) is 17.4. The third-order valence-electron chi connectivity index (χ3n) is 7.95. The molecule has 3 aliphatic carbocycles. The molecule has 37 heavy (non-hydrogen) atoms. The molecule has 3 aliphatic rings. The van der Waals surface area contributed by atoms with Crippen molar-refractivity contribution in [2.45, 2.75) is 31.8 Å². The number of ketones is 2. The Labute approximate surface area is 213 Å². The number of nitrogens with two attached hydrogens (primary N) is 1. The molecule has 9 nitrogen and oxygen atoms in total. The van der Waals surface area contributed by atoms with Gasteiger partial charge in [-0.1, -0.05) is 12.1 Å². The molecule has 6 N–H and O–H groups in total. The van der Waals surface area contributed by atoms with Crippen LogP contribution < -0.4 is 10.6 Å². The van der Waals surface area contributed by atoms with E-state index in [1.807, 2.05) is 49.3 Å². The molecule has 5 rings (SSSR count). The standard InChI is InChI=1S/C28H28N2O7/c1-12-8-17(13-4-6-16(7-5-13)30(2)3)18-10-14-9-15-11-19(31)22(27(29)36)26(35)28(15,37)25(34)20(14)24(33)21(18)23(12)32/h4-8,14-15,32-33,35,37H,9-11H2,1-3H3,(H2,29,36). The molecule has 3 atom stereocenters. The number of nitrogens with zero attached hydrogens (tertiary/aromatic N) is 1. The van der Waals surface area contributed by atoms with Gasteiger partial charge in [0.15, 0.2) is 11.4 Å². The van der Waals surface area contributed by atoms with E-state index in [4.69, 9.17) is 5.73 Å². The highest BCUT2D eigenvalue weighted by atomic mass is 16.3. The number of aliphatic hydroxyl groups is 3.